The number of hydrogen-bond acceptors (Lipinski definition) is 3. The van der Waals surface area contributed by atoms with E-state index in [1.54, 1.807) is 11.8 Å². The summed E-state index contributed by atoms with van der Waals surface area (Å²) >= 11 is 1.61. The van der Waals surface area contributed by atoms with Crippen molar-refractivity contribution in [1.82, 2.24) is 0 Å². The van der Waals surface area contributed by atoms with Gasteiger partial charge in [0, 0.05) is 10.6 Å². The summed E-state index contributed by atoms with van der Waals surface area (Å²) in [6.45, 7) is 1.96. The lowest BCUT2D eigenvalue weighted by molar-refractivity contribution is -0.138. The molecule has 0 spiro atoms. The lowest BCUT2D eigenvalue weighted by atomic mass is 10.1. The highest BCUT2D eigenvalue weighted by atomic mass is 32.2. The van der Waals surface area contributed by atoms with E-state index in [0.717, 1.165) is 29.1 Å². The Morgan fingerprint density at radius 2 is 2.28 bits per heavy atom. The van der Waals surface area contributed by atoms with Crippen molar-refractivity contribution in [2.24, 2.45) is 5.41 Å². The average molecular weight is 261 g/mol. The van der Waals surface area contributed by atoms with Gasteiger partial charge in [-0.3, -0.25) is 4.79 Å². The Labute approximate surface area is 111 Å². The number of carbonyl (C=O) groups is 1. The second kappa shape index (κ2) is 5.03. The van der Waals surface area contributed by atoms with Gasteiger partial charge in [0.2, 0.25) is 0 Å². The molecule has 0 heterocycles. The van der Waals surface area contributed by atoms with Crippen LogP contribution in [0, 0.1) is 23.7 Å². The minimum atomic E-state index is -0.725. The Balaban J connectivity index is 2.03. The van der Waals surface area contributed by atoms with E-state index in [1.165, 1.54) is 0 Å². The van der Waals surface area contributed by atoms with E-state index < -0.39 is 5.97 Å². The summed E-state index contributed by atoms with van der Waals surface area (Å²) in [6.07, 6.45) is 2.22. The number of carboxylic acids is 1. The summed E-state index contributed by atoms with van der Waals surface area (Å²) in [5, 5.41) is 17.9. The monoisotopic (exact) mass is 261 g/mol. The first-order valence-corrected chi connectivity index (χ1v) is 6.89. The van der Waals surface area contributed by atoms with Crippen LogP contribution in [0.4, 0.5) is 0 Å². The number of benzene rings is 1. The Hall–Kier alpha value is -1.47. The Morgan fingerprint density at radius 1 is 1.56 bits per heavy atom. The minimum Gasteiger partial charge on any atom is -0.481 e. The molecule has 4 heteroatoms. The topological polar surface area (TPSA) is 61.1 Å². The fourth-order valence-corrected chi connectivity index (χ4v) is 3.23. The number of hydrogen-bond donors (Lipinski definition) is 1. The molecule has 0 atom stereocenters. The van der Waals surface area contributed by atoms with Crippen molar-refractivity contribution < 1.29 is 9.90 Å². The molecule has 3 nitrogen and oxygen atoms in total. The summed E-state index contributed by atoms with van der Waals surface area (Å²) in [4.78, 5) is 11.7. The van der Waals surface area contributed by atoms with Crippen LogP contribution in [0.3, 0.4) is 0 Å². The van der Waals surface area contributed by atoms with Crippen molar-refractivity contribution in [3.05, 3.63) is 29.3 Å². The molecule has 1 saturated carbocycles. The van der Waals surface area contributed by atoms with Crippen molar-refractivity contribution in [3.63, 3.8) is 0 Å². The van der Waals surface area contributed by atoms with Crippen LogP contribution in [0.5, 0.6) is 0 Å². The molecule has 0 unspecified atom stereocenters. The van der Waals surface area contributed by atoms with Crippen LogP contribution in [0.2, 0.25) is 0 Å². The Bertz CT molecular complexity index is 515. The number of rotatable bonds is 5. The Kier molecular flexibility index (Phi) is 3.63. The second-order valence-electron chi connectivity index (χ2n) is 4.97. The first-order chi connectivity index (χ1) is 8.54. The summed E-state index contributed by atoms with van der Waals surface area (Å²) in [5.74, 6) is 0.0642. The summed E-state index contributed by atoms with van der Waals surface area (Å²) in [7, 11) is 0. The number of nitriles is 1. The fraction of sp³-hybridized carbons (Fsp3) is 0.429. The molecule has 1 fully saturated rings. The molecule has 0 aliphatic heterocycles. The van der Waals surface area contributed by atoms with E-state index in [4.69, 9.17) is 10.4 Å². The molecule has 0 radical (unpaired) electrons. The van der Waals surface area contributed by atoms with Gasteiger partial charge in [0.1, 0.15) is 6.07 Å². The third-order valence-corrected chi connectivity index (χ3v) is 4.70. The van der Waals surface area contributed by atoms with Crippen LogP contribution in [-0.4, -0.2) is 16.8 Å². The van der Waals surface area contributed by atoms with Crippen LogP contribution in [0.25, 0.3) is 0 Å². The van der Waals surface area contributed by atoms with Gasteiger partial charge >= 0.3 is 5.97 Å². The summed E-state index contributed by atoms with van der Waals surface area (Å²) < 4.78 is 0. The molecule has 2 rings (SSSR count). The molecular formula is C14H15NO2S. The SMILES string of the molecule is Cc1ccc(SCC2(CC(=O)O)CC2)c(C#N)c1. The highest BCUT2D eigenvalue weighted by molar-refractivity contribution is 7.99. The second-order valence-corrected chi connectivity index (χ2v) is 5.99. The van der Waals surface area contributed by atoms with Crippen LogP contribution < -0.4 is 0 Å². The van der Waals surface area contributed by atoms with Crippen LogP contribution in [0.1, 0.15) is 30.4 Å². The molecule has 0 saturated heterocycles. The average Bonchev–Trinajstić information content (AvgIpc) is 3.06. The highest BCUT2D eigenvalue weighted by Gasteiger charge is 2.44. The van der Waals surface area contributed by atoms with Gasteiger partial charge in [-0.1, -0.05) is 6.07 Å². The smallest absolute Gasteiger partial charge is 0.303 e. The minimum absolute atomic E-state index is 0.0336. The summed E-state index contributed by atoms with van der Waals surface area (Å²) in [5.41, 5.74) is 1.72. The van der Waals surface area contributed by atoms with Crippen molar-refractivity contribution in [3.8, 4) is 6.07 Å². The Morgan fingerprint density at radius 3 is 2.83 bits per heavy atom. The van der Waals surface area contributed by atoms with Gasteiger partial charge in [0.15, 0.2) is 0 Å². The number of carboxylic acid groups (broad SMARTS) is 1. The maximum Gasteiger partial charge on any atom is 0.303 e. The van der Waals surface area contributed by atoms with Crippen molar-refractivity contribution in [2.75, 3.05) is 5.75 Å². The molecule has 1 aromatic rings. The molecule has 1 aliphatic carbocycles. The maximum atomic E-state index is 10.8. The third-order valence-electron chi connectivity index (χ3n) is 3.27. The fourth-order valence-electron chi connectivity index (χ4n) is 1.96. The van der Waals surface area contributed by atoms with E-state index in [9.17, 15) is 4.79 Å². The zero-order valence-electron chi connectivity index (χ0n) is 10.3. The van der Waals surface area contributed by atoms with Gasteiger partial charge in [-0.25, -0.2) is 0 Å². The number of aliphatic carboxylic acids is 1. The quantitative estimate of drug-likeness (QED) is 0.827. The van der Waals surface area contributed by atoms with E-state index in [0.29, 0.717) is 5.56 Å². The number of nitrogens with zero attached hydrogens (tertiary/aromatic N) is 1. The van der Waals surface area contributed by atoms with E-state index in [-0.39, 0.29) is 11.8 Å². The van der Waals surface area contributed by atoms with E-state index >= 15 is 0 Å². The molecule has 1 aromatic carbocycles. The molecule has 1 aliphatic rings. The van der Waals surface area contributed by atoms with Crippen molar-refractivity contribution in [1.29, 1.82) is 5.26 Å². The van der Waals surface area contributed by atoms with Crippen molar-refractivity contribution in [2.45, 2.75) is 31.1 Å². The third kappa shape index (κ3) is 3.05. The van der Waals surface area contributed by atoms with E-state index in [1.807, 2.05) is 25.1 Å². The molecule has 0 aromatic heterocycles. The van der Waals surface area contributed by atoms with Gasteiger partial charge in [0.25, 0.3) is 0 Å². The zero-order valence-corrected chi connectivity index (χ0v) is 11.1. The zero-order chi connectivity index (χ0) is 13.2. The van der Waals surface area contributed by atoms with Gasteiger partial charge in [0.05, 0.1) is 12.0 Å². The standard InChI is InChI=1S/C14H15NO2S/c1-10-2-3-12(11(6-10)8-15)18-9-14(4-5-14)7-13(16)17/h2-3,6H,4-5,7,9H2,1H3,(H,16,17). The maximum absolute atomic E-state index is 10.8. The van der Waals surface area contributed by atoms with Gasteiger partial charge < -0.3 is 5.11 Å². The molecule has 0 amide bonds. The predicted molar refractivity (Wildman–Crippen MR) is 70.5 cm³/mol. The summed E-state index contributed by atoms with van der Waals surface area (Å²) in [6, 6.07) is 8.01. The van der Waals surface area contributed by atoms with E-state index in [2.05, 4.69) is 6.07 Å². The van der Waals surface area contributed by atoms with Crippen LogP contribution in [-0.2, 0) is 4.79 Å². The molecule has 94 valence electrons. The molecule has 1 N–H and O–H groups in total. The molecule has 18 heavy (non-hydrogen) atoms. The van der Waals surface area contributed by atoms with Gasteiger partial charge in [-0.05, 0) is 42.9 Å². The normalized spacial score (nSPS) is 16.0. The number of thioether (sulfide) groups is 1. The van der Waals surface area contributed by atoms with Gasteiger partial charge in [-0.2, -0.15) is 5.26 Å². The first-order valence-electron chi connectivity index (χ1n) is 5.90. The lowest BCUT2D eigenvalue weighted by Crippen LogP contribution is -2.11. The largest absolute Gasteiger partial charge is 0.481 e. The molecule has 0 bridgehead atoms. The molecular weight excluding hydrogens is 246 g/mol. The van der Waals surface area contributed by atoms with Crippen LogP contribution >= 0.6 is 11.8 Å². The first kappa shape index (κ1) is 13.0. The van der Waals surface area contributed by atoms with Crippen molar-refractivity contribution >= 4 is 17.7 Å². The predicted octanol–water partition coefficient (Wildman–Crippen LogP) is 3.21. The number of aryl methyl sites for hydroxylation is 1. The highest BCUT2D eigenvalue weighted by Crippen LogP contribution is 2.52. The van der Waals surface area contributed by atoms with Crippen LogP contribution in [0.15, 0.2) is 23.1 Å². The van der Waals surface area contributed by atoms with Gasteiger partial charge in [-0.15, -0.1) is 11.8 Å². The lowest BCUT2D eigenvalue weighted by Gasteiger charge is -2.12.